The maximum Gasteiger partial charge on any atom is 0.273 e. The number of benzene rings is 3. The van der Waals surface area contributed by atoms with Gasteiger partial charge in [0, 0.05) is 11.1 Å². The van der Waals surface area contributed by atoms with Gasteiger partial charge in [0.2, 0.25) is 0 Å². The van der Waals surface area contributed by atoms with Gasteiger partial charge in [0.15, 0.2) is 0 Å². The van der Waals surface area contributed by atoms with E-state index in [4.69, 9.17) is 4.74 Å². The molecule has 0 bridgehead atoms. The van der Waals surface area contributed by atoms with E-state index in [1.54, 1.807) is 36.4 Å². The highest BCUT2D eigenvalue weighted by molar-refractivity contribution is 6.09. The molecule has 0 aliphatic carbocycles. The van der Waals surface area contributed by atoms with Crippen molar-refractivity contribution in [2.75, 3.05) is 11.9 Å². The lowest BCUT2D eigenvalue weighted by Gasteiger charge is -2.11. The number of para-hydroxylation sites is 2. The van der Waals surface area contributed by atoms with Gasteiger partial charge in [0.1, 0.15) is 5.75 Å². The fraction of sp³-hybridized carbons (Fsp3) is 0.125. The Bertz CT molecular complexity index is 1080. The number of hydrogen-bond donors (Lipinski definition) is 2. The zero-order chi connectivity index (χ0) is 21.3. The number of amides is 2. The molecular weight excluding hydrogens is 378 g/mol. The molecule has 0 saturated heterocycles. The van der Waals surface area contributed by atoms with Crippen molar-refractivity contribution in [3.63, 3.8) is 0 Å². The monoisotopic (exact) mass is 401 g/mol. The molecule has 0 fully saturated rings. The quantitative estimate of drug-likeness (QED) is 0.455. The van der Waals surface area contributed by atoms with Gasteiger partial charge in [-0.25, -0.2) is 5.43 Å². The smallest absolute Gasteiger partial charge is 0.273 e. The van der Waals surface area contributed by atoms with Crippen LogP contribution in [-0.4, -0.2) is 24.6 Å². The van der Waals surface area contributed by atoms with Gasteiger partial charge in [-0.2, -0.15) is 5.10 Å². The van der Waals surface area contributed by atoms with Crippen LogP contribution < -0.4 is 15.5 Å². The molecule has 0 saturated carbocycles. The zero-order valence-corrected chi connectivity index (χ0v) is 16.9. The number of hydrazone groups is 1. The summed E-state index contributed by atoms with van der Waals surface area (Å²) in [5, 5.41) is 6.85. The standard InChI is InChI=1S/C24H23N3O3/c1-3-30-22-15-9-5-11-18(22)16-25-27-24(29)20-13-7-8-14-21(20)26-23(28)19-12-6-4-10-17(19)2/h4-16H,3H2,1-2H3,(H,26,28)(H,27,29)/b25-16+. The van der Waals surface area contributed by atoms with E-state index in [1.807, 2.05) is 50.2 Å². The van der Waals surface area contributed by atoms with Crippen molar-refractivity contribution in [2.45, 2.75) is 13.8 Å². The molecule has 0 aromatic heterocycles. The van der Waals surface area contributed by atoms with Crippen molar-refractivity contribution in [1.82, 2.24) is 5.43 Å². The molecule has 2 N–H and O–H groups in total. The van der Waals surface area contributed by atoms with Gasteiger partial charge in [-0.15, -0.1) is 0 Å². The van der Waals surface area contributed by atoms with Crippen LogP contribution in [0.4, 0.5) is 5.69 Å². The lowest BCUT2D eigenvalue weighted by Crippen LogP contribution is -2.21. The number of rotatable bonds is 7. The fourth-order valence-corrected chi connectivity index (χ4v) is 2.90. The molecule has 0 heterocycles. The number of hydrogen-bond acceptors (Lipinski definition) is 4. The Hall–Kier alpha value is -3.93. The van der Waals surface area contributed by atoms with Crippen LogP contribution in [0, 0.1) is 6.92 Å². The molecule has 2 amide bonds. The number of carbonyl (C=O) groups excluding carboxylic acids is 2. The summed E-state index contributed by atoms with van der Waals surface area (Å²) in [4.78, 5) is 25.3. The summed E-state index contributed by atoms with van der Waals surface area (Å²) >= 11 is 0. The van der Waals surface area contributed by atoms with Crippen LogP contribution in [0.25, 0.3) is 0 Å². The van der Waals surface area contributed by atoms with Crippen molar-refractivity contribution >= 4 is 23.7 Å². The summed E-state index contributed by atoms with van der Waals surface area (Å²) in [6, 6.07) is 21.5. The second-order valence-electron chi connectivity index (χ2n) is 6.48. The van der Waals surface area contributed by atoms with Gasteiger partial charge in [-0.05, 0) is 49.7 Å². The van der Waals surface area contributed by atoms with E-state index in [2.05, 4.69) is 15.8 Å². The minimum absolute atomic E-state index is 0.275. The van der Waals surface area contributed by atoms with Gasteiger partial charge in [0.05, 0.1) is 24.1 Å². The SMILES string of the molecule is CCOc1ccccc1/C=N/NC(=O)c1ccccc1NC(=O)c1ccccc1C. The van der Waals surface area contributed by atoms with E-state index < -0.39 is 5.91 Å². The summed E-state index contributed by atoms with van der Waals surface area (Å²) in [6.45, 7) is 4.30. The highest BCUT2D eigenvalue weighted by Gasteiger charge is 2.14. The van der Waals surface area contributed by atoms with Crippen molar-refractivity contribution in [3.8, 4) is 5.75 Å². The van der Waals surface area contributed by atoms with E-state index in [9.17, 15) is 9.59 Å². The molecule has 0 aliphatic rings. The van der Waals surface area contributed by atoms with Crippen molar-refractivity contribution in [1.29, 1.82) is 0 Å². The molecule has 6 heteroatoms. The number of anilines is 1. The summed E-state index contributed by atoms with van der Waals surface area (Å²) < 4.78 is 5.54. The largest absolute Gasteiger partial charge is 0.493 e. The molecule has 0 aliphatic heterocycles. The third kappa shape index (κ3) is 5.11. The van der Waals surface area contributed by atoms with Gasteiger partial charge in [-0.3, -0.25) is 9.59 Å². The first kappa shape index (κ1) is 20.8. The van der Waals surface area contributed by atoms with E-state index >= 15 is 0 Å². The Kier molecular flexibility index (Phi) is 6.95. The highest BCUT2D eigenvalue weighted by atomic mass is 16.5. The Balaban J connectivity index is 1.73. The molecule has 30 heavy (non-hydrogen) atoms. The second-order valence-corrected chi connectivity index (χ2v) is 6.48. The van der Waals surface area contributed by atoms with Gasteiger partial charge in [-0.1, -0.05) is 42.5 Å². The van der Waals surface area contributed by atoms with Gasteiger partial charge in [0.25, 0.3) is 11.8 Å². The molecule has 3 aromatic rings. The Morgan fingerprint density at radius 2 is 1.57 bits per heavy atom. The van der Waals surface area contributed by atoms with Crippen LogP contribution >= 0.6 is 0 Å². The van der Waals surface area contributed by atoms with Crippen LogP contribution in [0.15, 0.2) is 77.9 Å². The number of nitrogens with zero attached hydrogens (tertiary/aromatic N) is 1. The lowest BCUT2D eigenvalue weighted by molar-refractivity contribution is 0.0956. The molecule has 0 unspecified atom stereocenters. The van der Waals surface area contributed by atoms with Gasteiger partial charge < -0.3 is 10.1 Å². The molecule has 3 rings (SSSR count). The van der Waals surface area contributed by atoms with Crippen molar-refractivity contribution in [2.24, 2.45) is 5.10 Å². The average molecular weight is 401 g/mol. The Labute approximate surface area is 175 Å². The van der Waals surface area contributed by atoms with Crippen LogP contribution in [0.1, 0.15) is 38.8 Å². The van der Waals surface area contributed by atoms with E-state index in [0.717, 1.165) is 11.1 Å². The third-order valence-electron chi connectivity index (χ3n) is 4.40. The fourth-order valence-electron chi connectivity index (χ4n) is 2.90. The summed E-state index contributed by atoms with van der Waals surface area (Å²) in [6.07, 6.45) is 1.53. The molecule has 0 spiro atoms. The first-order chi connectivity index (χ1) is 14.6. The van der Waals surface area contributed by atoms with Crippen molar-refractivity contribution in [3.05, 3.63) is 95.1 Å². The molecule has 0 radical (unpaired) electrons. The number of aryl methyl sites for hydroxylation is 1. The molecular formula is C24H23N3O3. The molecule has 0 atom stereocenters. The Morgan fingerprint density at radius 1 is 0.900 bits per heavy atom. The summed E-state index contributed by atoms with van der Waals surface area (Å²) in [5.41, 5.74) is 5.39. The predicted octanol–water partition coefficient (Wildman–Crippen LogP) is 4.41. The van der Waals surface area contributed by atoms with E-state index in [0.29, 0.717) is 29.2 Å². The van der Waals surface area contributed by atoms with Gasteiger partial charge >= 0.3 is 0 Å². The lowest BCUT2D eigenvalue weighted by atomic mass is 10.1. The number of nitrogens with one attached hydrogen (secondary N) is 2. The minimum Gasteiger partial charge on any atom is -0.493 e. The zero-order valence-electron chi connectivity index (χ0n) is 16.9. The third-order valence-corrected chi connectivity index (χ3v) is 4.40. The molecule has 6 nitrogen and oxygen atoms in total. The normalized spacial score (nSPS) is 10.6. The van der Waals surface area contributed by atoms with Crippen LogP contribution in [0.2, 0.25) is 0 Å². The molecule has 152 valence electrons. The first-order valence-corrected chi connectivity index (χ1v) is 9.61. The highest BCUT2D eigenvalue weighted by Crippen LogP contribution is 2.18. The predicted molar refractivity (Wildman–Crippen MR) is 118 cm³/mol. The average Bonchev–Trinajstić information content (AvgIpc) is 2.75. The van der Waals surface area contributed by atoms with E-state index in [1.165, 1.54) is 6.21 Å². The second kappa shape index (κ2) is 10.0. The summed E-state index contributed by atoms with van der Waals surface area (Å²) in [7, 11) is 0. The van der Waals surface area contributed by atoms with E-state index in [-0.39, 0.29) is 5.91 Å². The van der Waals surface area contributed by atoms with Crippen LogP contribution in [0.3, 0.4) is 0 Å². The molecule has 3 aromatic carbocycles. The van der Waals surface area contributed by atoms with Crippen LogP contribution in [0.5, 0.6) is 5.75 Å². The van der Waals surface area contributed by atoms with Crippen LogP contribution in [-0.2, 0) is 0 Å². The Morgan fingerprint density at radius 3 is 2.33 bits per heavy atom. The first-order valence-electron chi connectivity index (χ1n) is 9.61. The maximum absolute atomic E-state index is 12.6. The topological polar surface area (TPSA) is 79.8 Å². The maximum atomic E-state index is 12.6. The number of ether oxygens (including phenoxy) is 1. The van der Waals surface area contributed by atoms with Crippen molar-refractivity contribution < 1.29 is 14.3 Å². The minimum atomic E-state index is -0.430. The number of carbonyl (C=O) groups is 2. The summed E-state index contributed by atoms with van der Waals surface area (Å²) in [5.74, 6) is -0.0211.